The van der Waals surface area contributed by atoms with E-state index in [-0.39, 0.29) is 23.7 Å². The Morgan fingerprint density at radius 1 is 1.00 bits per heavy atom. The van der Waals surface area contributed by atoms with Crippen molar-refractivity contribution in [2.45, 2.75) is 32.4 Å². The van der Waals surface area contributed by atoms with Gasteiger partial charge in [-0.15, -0.1) is 0 Å². The lowest BCUT2D eigenvalue weighted by atomic mass is 10.0. The van der Waals surface area contributed by atoms with Crippen LogP contribution in [0.4, 0.5) is 10.1 Å². The molecule has 2 aromatic carbocycles. The summed E-state index contributed by atoms with van der Waals surface area (Å²) in [5, 5.41) is 5.91. The fraction of sp³-hybridized carbons (Fsp3) is 0.417. The highest BCUT2D eigenvalue weighted by Gasteiger charge is 2.31. The third-order valence-electron chi connectivity index (χ3n) is 5.63. The molecule has 2 amide bonds. The van der Waals surface area contributed by atoms with Crippen molar-refractivity contribution in [2.24, 2.45) is 0 Å². The largest absolute Gasteiger partial charge is 0.353 e. The maximum absolute atomic E-state index is 13.2. The number of nitrogens with one attached hydrogen (secondary N) is 2. The normalized spacial score (nSPS) is 17.0. The van der Waals surface area contributed by atoms with Gasteiger partial charge in [0.05, 0.1) is 6.54 Å². The lowest BCUT2D eigenvalue weighted by Crippen LogP contribution is -2.52. The SMILES string of the molecule is CCC(C)NC(=O)CN1CCN(C(C(=O)Nc2ccc(F)cc2)c2ccccc2)CC1. The van der Waals surface area contributed by atoms with Crippen LogP contribution in [-0.2, 0) is 9.59 Å². The van der Waals surface area contributed by atoms with E-state index in [2.05, 4.69) is 20.4 Å². The molecule has 1 saturated heterocycles. The molecule has 2 unspecified atom stereocenters. The molecule has 0 bridgehead atoms. The van der Waals surface area contributed by atoms with Gasteiger partial charge in [-0.1, -0.05) is 37.3 Å². The molecule has 2 atom stereocenters. The van der Waals surface area contributed by atoms with Crippen molar-refractivity contribution in [1.29, 1.82) is 0 Å². The number of anilines is 1. The van der Waals surface area contributed by atoms with Gasteiger partial charge in [0.15, 0.2) is 0 Å². The highest BCUT2D eigenvalue weighted by molar-refractivity contribution is 5.95. The quantitative estimate of drug-likeness (QED) is 0.681. The average molecular weight is 427 g/mol. The molecule has 1 aliphatic rings. The van der Waals surface area contributed by atoms with Crippen LogP contribution in [0.1, 0.15) is 31.9 Å². The summed E-state index contributed by atoms with van der Waals surface area (Å²) in [6, 6.07) is 15.1. The number of hydrogen-bond acceptors (Lipinski definition) is 4. The molecule has 0 aliphatic carbocycles. The molecule has 2 aromatic rings. The van der Waals surface area contributed by atoms with Crippen molar-refractivity contribution < 1.29 is 14.0 Å². The smallest absolute Gasteiger partial charge is 0.246 e. The van der Waals surface area contributed by atoms with Gasteiger partial charge in [-0.05, 0) is 43.2 Å². The summed E-state index contributed by atoms with van der Waals surface area (Å²) in [6.45, 7) is 7.18. The predicted molar refractivity (Wildman–Crippen MR) is 120 cm³/mol. The molecule has 0 saturated carbocycles. The number of piperazine rings is 1. The molecule has 1 aliphatic heterocycles. The Hall–Kier alpha value is -2.77. The van der Waals surface area contributed by atoms with Crippen LogP contribution >= 0.6 is 0 Å². The van der Waals surface area contributed by atoms with Gasteiger partial charge in [-0.3, -0.25) is 19.4 Å². The minimum Gasteiger partial charge on any atom is -0.353 e. The van der Waals surface area contributed by atoms with Crippen molar-refractivity contribution in [1.82, 2.24) is 15.1 Å². The minimum absolute atomic E-state index is 0.0384. The molecular formula is C24H31FN4O2. The molecule has 0 spiro atoms. The molecule has 1 fully saturated rings. The van der Waals surface area contributed by atoms with Crippen LogP contribution in [0.25, 0.3) is 0 Å². The maximum Gasteiger partial charge on any atom is 0.246 e. The zero-order valence-electron chi connectivity index (χ0n) is 18.2. The summed E-state index contributed by atoms with van der Waals surface area (Å²) >= 11 is 0. The Kier molecular flexibility index (Phi) is 8.14. The van der Waals surface area contributed by atoms with Crippen LogP contribution in [0.15, 0.2) is 54.6 Å². The molecular weight excluding hydrogens is 395 g/mol. The number of amides is 2. The van der Waals surface area contributed by atoms with Crippen molar-refractivity contribution in [3.8, 4) is 0 Å². The average Bonchev–Trinajstić information content (AvgIpc) is 2.77. The number of rotatable bonds is 8. The van der Waals surface area contributed by atoms with Gasteiger partial charge in [-0.2, -0.15) is 0 Å². The summed E-state index contributed by atoms with van der Waals surface area (Å²) in [6.07, 6.45) is 0.904. The highest BCUT2D eigenvalue weighted by atomic mass is 19.1. The van der Waals surface area contributed by atoms with E-state index in [0.717, 1.165) is 12.0 Å². The second-order valence-electron chi connectivity index (χ2n) is 8.00. The lowest BCUT2D eigenvalue weighted by molar-refractivity contribution is -0.125. The molecule has 7 heteroatoms. The Bertz CT molecular complexity index is 852. The summed E-state index contributed by atoms with van der Waals surface area (Å²) in [5.41, 5.74) is 1.47. The van der Waals surface area contributed by atoms with Crippen LogP contribution in [0, 0.1) is 5.82 Å². The first-order chi connectivity index (χ1) is 15.0. The zero-order chi connectivity index (χ0) is 22.2. The molecule has 0 radical (unpaired) electrons. The van der Waals surface area contributed by atoms with Crippen LogP contribution < -0.4 is 10.6 Å². The molecule has 2 N–H and O–H groups in total. The van der Waals surface area contributed by atoms with Crippen molar-refractivity contribution in [3.63, 3.8) is 0 Å². The zero-order valence-corrected chi connectivity index (χ0v) is 18.2. The van der Waals surface area contributed by atoms with Gasteiger partial charge in [-0.25, -0.2) is 4.39 Å². The highest BCUT2D eigenvalue weighted by Crippen LogP contribution is 2.24. The Balaban J connectivity index is 1.65. The second kappa shape index (κ2) is 11.0. The van der Waals surface area contributed by atoms with Gasteiger partial charge in [0.1, 0.15) is 11.9 Å². The van der Waals surface area contributed by atoms with E-state index >= 15 is 0 Å². The monoisotopic (exact) mass is 426 g/mol. The number of carbonyl (C=O) groups excluding carboxylic acids is 2. The van der Waals surface area contributed by atoms with E-state index in [4.69, 9.17) is 0 Å². The Morgan fingerprint density at radius 2 is 1.65 bits per heavy atom. The van der Waals surface area contributed by atoms with Crippen molar-refractivity contribution in [2.75, 3.05) is 38.0 Å². The van der Waals surface area contributed by atoms with E-state index in [1.165, 1.54) is 12.1 Å². The standard InChI is InChI=1S/C24H31FN4O2/c1-3-18(2)26-22(30)17-28-13-15-29(16-14-28)23(19-7-5-4-6-8-19)24(31)27-21-11-9-20(25)10-12-21/h4-12,18,23H,3,13-17H2,1-2H3,(H,26,30)(H,27,31). The lowest BCUT2D eigenvalue weighted by Gasteiger charge is -2.38. The van der Waals surface area contributed by atoms with Crippen LogP contribution in [0.5, 0.6) is 0 Å². The topological polar surface area (TPSA) is 64.7 Å². The molecule has 31 heavy (non-hydrogen) atoms. The van der Waals surface area contributed by atoms with Crippen molar-refractivity contribution in [3.05, 3.63) is 66.0 Å². The van der Waals surface area contributed by atoms with E-state index in [0.29, 0.717) is 38.4 Å². The summed E-state index contributed by atoms with van der Waals surface area (Å²) in [5.74, 6) is -0.455. The summed E-state index contributed by atoms with van der Waals surface area (Å²) in [7, 11) is 0. The molecule has 166 valence electrons. The van der Waals surface area contributed by atoms with Crippen LogP contribution in [-0.4, -0.2) is 60.4 Å². The molecule has 6 nitrogen and oxygen atoms in total. The van der Waals surface area contributed by atoms with Gasteiger partial charge >= 0.3 is 0 Å². The van der Waals surface area contributed by atoms with Crippen LogP contribution in [0.2, 0.25) is 0 Å². The summed E-state index contributed by atoms with van der Waals surface area (Å²) < 4.78 is 13.2. The van der Waals surface area contributed by atoms with Gasteiger partial charge < -0.3 is 10.6 Å². The van der Waals surface area contributed by atoms with E-state index in [1.54, 1.807) is 12.1 Å². The van der Waals surface area contributed by atoms with E-state index < -0.39 is 6.04 Å². The second-order valence-corrected chi connectivity index (χ2v) is 8.00. The molecule has 0 aromatic heterocycles. The van der Waals surface area contributed by atoms with E-state index in [9.17, 15) is 14.0 Å². The number of benzene rings is 2. The molecule has 3 rings (SSSR count). The first-order valence-electron chi connectivity index (χ1n) is 10.8. The predicted octanol–water partition coefficient (Wildman–Crippen LogP) is 3.04. The van der Waals surface area contributed by atoms with Gasteiger partial charge in [0, 0.05) is 37.9 Å². The minimum atomic E-state index is -0.456. The first kappa shape index (κ1) is 22.9. The van der Waals surface area contributed by atoms with Gasteiger partial charge in [0.25, 0.3) is 0 Å². The number of carbonyl (C=O) groups is 2. The first-order valence-corrected chi connectivity index (χ1v) is 10.8. The van der Waals surface area contributed by atoms with Gasteiger partial charge in [0.2, 0.25) is 11.8 Å². The maximum atomic E-state index is 13.2. The third-order valence-corrected chi connectivity index (χ3v) is 5.63. The molecule has 1 heterocycles. The third kappa shape index (κ3) is 6.60. The Labute approximate surface area is 183 Å². The Morgan fingerprint density at radius 3 is 2.26 bits per heavy atom. The van der Waals surface area contributed by atoms with Crippen molar-refractivity contribution >= 4 is 17.5 Å². The summed E-state index contributed by atoms with van der Waals surface area (Å²) in [4.78, 5) is 29.6. The fourth-order valence-electron chi connectivity index (χ4n) is 3.71. The number of halogens is 1. The fourth-order valence-corrected chi connectivity index (χ4v) is 3.71. The number of nitrogens with zero attached hydrogens (tertiary/aromatic N) is 2. The number of hydrogen-bond donors (Lipinski definition) is 2. The van der Waals surface area contributed by atoms with Crippen LogP contribution in [0.3, 0.4) is 0 Å². The van der Waals surface area contributed by atoms with E-state index in [1.807, 2.05) is 44.2 Å².